The van der Waals surface area contributed by atoms with Crippen molar-refractivity contribution in [2.75, 3.05) is 5.75 Å². The third-order valence-corrected chi connectivity index (χ3v) is 2.77. The number of aliphatic carboxylic acids is 1. The van der Waals surface area contributed by atoms with E-state index in [0.717, 1.165) is 22.9 Å². The predicted octanol–water partition coefficient (Wildman–Crippen LogP) is 1.35. The highest BCUT2D eigenvalue weighted by atomic mass is 32.2. The highest BCUT2D eigenvalue weighted by Crippen LogP contribution is 2.18. The van der Waals surface area contributed by atoms with Gasteiger partial charge in [0.2, 0.25) is 5.16 Å². The maximum atomic E-state index is 10.4. The van der Waals surface area contributed by atoms with Gasteiger partial charge in [-0.1, -0.05) is 11.8 Å². The van der Waals surface area contributed by atoms with Crippen molar-refractivity contribution >= 4 is 17.7 Å². The monoisotopic (exact) mass is 250 g/mol. The second-order valence-corrected chi connectivity index (χ2v) is 4.34. The highest BCUT2D eigenvalue weighted by molar-refractivity contribution is 7.99. The lowest BCUT2D eigenvalue weighted by Gasteiger charge is -1.95. The molecule has 0 aromatic carbocycles. The molecule has 0 unspecified atom stereocenters. The molecule has 0 amide bonds. The van der Waals surface area contributed by atoms with Crippen molar-refractivity contribution in [3.8, 4) is 11.4 Å². The molecule has 0 atom stereocenters. The predicted molar refractivity (Wildman–Crippen MR) is 62.7 cm³/mol. The molecule has 2 aromatic heterocycles. The van der Waals surface area contributed by atoms with Crippen LogP contribution in [-0.4, -0.2) is 37.0 Å². The van der Waals surface area contributed by atoms with E-state index in [-0.39, 0.29) is 5.75 Å². The fraction of sp³-hybridized carbons (Fsp3) is 0.200. The van der Waals surface area contributed by atoms with Gasteiger partial charge in [-0.2, -0.15) is 0 Å². The lowest BCUT2D eigenvalue weighted by atomic mass is 10.2. The normalized spacial score (nSPS) is 10.4. The van der Waals surface area contributed by atoms with Crippen molar-refractivity contribution in [3.63, 3.8) is 0 Å². The standard InChI is InChI=1S/C10H10N4O2S/c1-6-2-7(4-11-3-6)9-12-10(14-13-9)17-5-8(15)16/h2-4H,5H2,1H3,(H,15,16)(H,12,13,14). The van der Waals surface area contributed by atoms with Crippen LogP contribution < -0.4 is 0 Å². The van der Waals surface area contributed by atoms with E-state index in [1.165, 1.54) is 0 Å². The van der Waals surface area contributed by atoms with Gasteiger partial charge in [0.15, 0.2) is 5.82 Å². The molecule has 0 aliphatic heterocycles. The molecule has 88 valence electrons. The Labute approximate surface area is 101 Å². The Hall–Kier alpha value is -1.89. The van der Waals surface area contributed by atoms with E-state index in [1.54, 1.807) is 12.4 Å². The van der Waals surface area contributed by atoms with Crippen molar-refractivity contribution in [2.24, 2.45) is 0 Å². The molecule has 0 saturated carbocycles. The van der Waals surface area contributed by atoms with Crippen LogP contribution in [0.1, 0.15) is 5.56 Å². The van der Waals surface area contributed by atoms with Crippen molar-refractivity contribution in [1.29, 1.82) is 0 Å². The molecular weight excluding hydrogens is 240 g/mol. The van der Waals surface area contributed by atoms with Gasteiger partial charge in [-0.25, -0.2) is 4.98 Å². The number of nitrogens with zero attached hydrogens (tertiary/aromatic N) is 3. The number of H-pyrrole nitrogens is 1. The molecule has 7 heteroatoms. The summed E-state index contributed by atoms with van der Waals surface area (Å²) in [5, 5.41) is 15.6. The van der Waals surface area contributed by atoms with E-state index in [1.807, 2.05) is 13.0 Å². The van der Waals surface area contributed by atoms with Gasteiger partial charge in [0.1, 0.15) is 0 Å². The van der Waals surface area contributed by atoms with E-state index < -0.39 is 5.97 Å². The number of nitrogens with one attached hydrogen (secondary N) is 1. The number of aryl methyl sites for hydroxylation is 1. The molecule has 0 bridgehead atoms. The SMILES string of the molecule is Cc1cncc(-c2nc(SCC(=O)O)n[nH]2)c1. The van der Waals surface area contributed by atoms with Crippen LogP contribution in [0.4, 0.5) is 0 Å². The van der Waals surface area contributed by atoms with E-state index in [2.05, 4.69) is 20.2 Å². The van der Waals surface area contributed by atoms with Gasteiger partial charge in [-0.05, 0) is 18.6 Å². The molecule has 2 rings (SSSR count). The number of carboxylic acids is 1. The third-order valence-electron chi connectivity index (χ3n) is 1.94. The number of aromatic amines is 1. The molecule has 2 N–H and O–H groups in total. The third kappa shape index (κ3) is 3.04. The lowest BCUT2D eigenvalue weighted by Crippen LogP contribution is -1.97. The molecule has 0 radical (unpaired) electrons. The van der Waals surface area contributed by atoms with E-state index in [9.17, 15) is 4.79 Å². The fourth-order valence-electron chi connectivity index (χ4n) is 1.25. The maximum Gasteiger partial charge on any atom is 0.313 e. The first-order valence-corrected chi connectivity index (χ1v) is 5.83. The summed E-state index contributed by atoms with van der Waals surface area (Å²) in [4.78, 5) is 18.6. The maximum absolute atomic E-state index is 10.4. The number of carboxylic acid groups (broad SMARTS) is 1. The van der Waals surface area contributed by atoms with Gasteiger partial charge in [0.05, 0.1) is 5.75 Å². The first-order valence-electron chi connectivity index (χ1n) is 4.84. The number of rotatable bonds is 4. The fourth-order valence-corrected chi connectivity index (χ4v) is 1.77. The Morgan fingerprint density at radius 1 is 1.53 bits per heavy atom. The zero-order valence-corrected chi connectivity index (χ0v) is 9.86. The average molecular weight is 250 g/mol. The molecule has 0 fully saturated rings. The summed E-state index contributed by atoms with van der Waals surface area (Å²) in [5.74, 6) is -0.351. The summed E-state index contributed by atoms with van der Waals surface area (Å²) >= 11 is 1.07. The molecule has 0 spiro atoms. The van der Waals surface area contributed by atoms with Crippen molar-refractivity contribution in [3.05, 3.63) is 24.0 Å². The van der Waals surface area contributed by atoms with Gasteiger partial charge in [0, 0.05) is 18.0 Å². The van der Waals surface area contributed by atoms with Crippen LogP contribution in [-0.2, 0) is 4.79 Å². The topological polar surface area (TPSA) is 91.8 Å². The van der Waals surface area contributed by atoms with E-state index in [4.69, 9.17) is 5.11 Å². The number of carbonyl (C=O) groups is 1. The number of hydrogen-bond acceptors (Lipinski definition) is 5. The smallest absolute Gasteiger partial charge is 0.313 e. The van der Waals surface area contributed by atoms with Gasteiger partial charge in [-0.15, -0.1) is 5.10 Å². The summed E-state index contributed by atoms with van der Waals surface area (Å²) in [6.07, 6.45) is 3.43. The van der Waals surface area contributed by atoms with Crippen LogP contribution in [0.25, 0.3) is 11.4 Å². The molecule has 6 nitrogen and oxygen atoms in total. The Kier molecular flexibility index (Phi) is 3.38. The Morgan fingerprint density at radius 3 is 3.06 bits per heavy atom. The average Bonchev–Trinajstić information content (AvgIpc) is 2.75. The minimum absolute atomic E-state index is 0.0522. The van der Waals surface area contributed by atoms with Crippen LogP contribution in [0.3, 0.4) is 0 Å². The molecule has 0 aliphatic carbocycles. The summed E-state index contributed by atoms with van der Waals surface area (Å²) in [7, 11) is 0. The number of thioether (sulfide) groups is 1. The molecule has 0 aliphatic rings. The van der Waals surface area contributed by atoms with Gasteiger partial charge in [-0.3, -0.25) is 14.9 Å². The van der Waals surface area contributed by atoms with Crippen LogP contribution >= 0.6 is 11.8 Å². The molecule has 2 aromatic rings. The van der Waals surface area contributed by atoms with Crippen LogP contribution in [0.5, 0.6) is 0 Å². The largest absolute Gasteiger partial charge is 0.481 e. The van der Waals surface area contributed by atoms with Gasteiger partial charge in [0.25, 0.3) is 0 Å². The number of pyridine rings is 1. The Balaban J connectivity index is 2.15. The first kappa shape index (κ1) is 11.6. The van der Waals surface area contributed by atoms with Crippen molar-refractivity contribution in [2.45, 2.75) is 12.1 Å². The van der Waals surface area contributed by atoms with Crippen LogP contribution in [0.2, 0.25) is 0 Å². The Morgan fingerprint density at radius 2 is 2.35 bits per heavy atom. The first-order chi connectivity index (χ1) is 8.15. The van der Waals surface area contributed by atoms with Gasteiger partial charge >= 0.3 is 5.97 Å². The van der Waals surface area contributed by atoms with E-state index >= 15 is 0 Å². The zero-order chi connectivity index (χ0) is 12.3. The van der Waals surface area contributed by atoms with Crippen molar-refractivity contribution in [1.82, 2.24) is 20.2 Å². The van der Waals surface area contributed by atoms with Crippen LogP contribution in [0, 0.1) is 6.92 Å². The number of aromatic nitrogens is 4. The second kappa shape index (κ2) is 4.96. The van der Waals surface area contributed by atoms with Crippen LogP contribution in [0.15, 0.2) is 23.6 Å². The lowest BCUT2D eigenvalue weighted by molar-refractivity contribution is -0.133. The van der Waals surface area contributed by atoms with E-state index in [0.29, 0.717) is 11.0 Å². The summed E-state index contributed by atoms with van der Waals surface area (Å²) in [6.45, 7) is 1.94. The summed E-state index contributed by atoms with van der Waals surface area (Å²) in [5.41, 5.74) is 1.86. The number of hydrogen-bond donors (Lipinski definition) is 2. The highest BCUT2D eigenvalue weighted by Gasteiger charge is 2.08. The summed E-state index contributed by atoms with van der Waals surface area (Å²) < 4.78 is 0. The molecular formula is C10H10N4O2S. The molecule has 17 heavy (non-hydrogen) atoms. The summed E-state index contributed by atoms with van der Waals surface area (Å²) in [6, 6.07) is 1.93. The minimum Gasteiger partial charge on any atom is -0.481 e. The zero-order valence-electron chi connectivity index (χ0n) is 9.04. The Bertz CT molecular complexity index is 541. The van der Waals surface area contributed by atoms with Gasteiger partial charge < -0.3 is 5.11 Å². The molecule has 2 heterocycles. The minimum atomic E-state index is -0.890. The quantitative estimate of drug-likeness (QED) is 0.796. The molecule has 0 saturated heterocycles. The second-order valence-electron chi connectivity index (χ2n) is 3.40. The van der Waals surface area contributed by atoms with Crippen molar-refractivity contribution < 1.29 is 9.90 Å².